The van der Waals surface area contributed by atoms with Crippen LogP contribution in [0.25, 0.3) is 0 Å². The van der Waals surface area contributed by atoms with Crippen LogP contribution in [0.3, 0.4) is 0 Å². The maximum atomic E-state index is 12.1. The maximum Gasteiger partial charge on any atom is 0.335 e. The number of carboxylic acids is 1. The highest BCUT2D eigenvalue weighted by Gasteiger charge is 2.25. The number of hydrogen-bond acceptors (Lipinski definition) is 2. The van der Waals surface area contributed by atoms with Crippen molar-refractivity contribution in [2.45, 2.75) is 33.1 Å². The lowest BCUT2D eigenvalue weighted by atomic mass is 10.1. The highest BCUT2D eigenvalue weighted by molar-refractivity contribution is 5.96. The zero-order valence-corrected chi connectivity index (χ0v) is 11.3. The number of fused-ring (bicyclic) bond motifs is 1. The van der Waals surface area contributed by atoms with Crippen LogP contribution in [0.1, 0.15) is 42.6 Å². The molecule has 0 atom stereocenters. The zero-order chi connectivity index (χ0) is 14.0. The lowest BCUT2D eigenvalue weighted by Gasteiger charge is -2.18. The van der Waals surface area contributed by atoms with E-state index in [1.165, 1.54) is 0 Å². The van der Waals surface area contributed by atoms with Crippen LogP contribution in [0.2, 0.25) is 0 Å². The van der Waals surface area contributed by atoms with Gasteiger partial charge in [0, 0.05) is 18.7 Å². The van der Waals surface area contributed by atoms with E-state index in [0.29, 0.717) is 18.9 Å². The summed E-state index contributed by atoms with van der Waals surface area (Å²) >= 11 is 0. The van der Waals surface area contributed by atoms with Gasteiger partial charge in [-0.15, -0.1) is 0 Å². The van der Waals surface area contributed by atoms with Gasteiger partial charge >= 0.3 is 5.97 Å². The first-order valence-electron chi connectivity index (χ1n) is 6.65. The first-order chi connectivity index (χ1) is 8.99. The number of carboxylic acid groups (broad SMARTS) is 1. The Kier molecular flexibility index (Phi) is 3.88. The van der Waals surface area contributed by atoms with Crippen molar-refractivity contribution in [3.8, 4) is 0 Å². The van der Waals surface area contributed by atoms with Gasteiger partial charge in [-0.1, -0.05) is 13.8 Å². The van der Waals surface area contributed by atoms with Crippen LogP contribution in [-0.2, 0) is 11.2 Å². The van der Waals surface area contributed by atoms with Crippen LogP contribution in [0.4, 0.5) is 5.69 Å². The van der Waals surface area contributed by atoms with Gasteiger partial charge in [-0.2, -0.15) is 0 Å². The molecule has 2 rings (SSSR count). The summed E-state index contributed by atoms with van der Waals surface area (Å²) in [6.07, 6.45) is 2.18. The number of nitrogens with zero attached hydrogens (tertiary/aromatic N) is 1. The summed E-state index contributed by atoms with van der Waals surface area (Å²) in [6.45, 7) is 4.87. The second kappa shape index (κ2) is 5.43. The van der Waals surface area contributed by atoms with E-state index in [1.807, 2.05) is 0 Å². The van der Waals surface area contributed by atoms with Crippen molar-refractivity contribution >= 4 is 17.6 Å². The number of aromatic carboxylic acids is 1. The van der Waals surface area contributed by atoms with E-state index < -0.39 is 5.97 Å². The molecule has 1 aromatic carbocycles. The second-order valence-electron chi connectivity index (χ2n) is 5.38. The summed E-state index contributed by atoms with van der Waals surface area (Å²) in [5.74, 6) is -0.275. The second-order valence-corrected chi connectivity index (χ2v) is 5.38. The van der Waals surface area contributed by atoms with Gasteiger partial charge in [0.2, 0.25) is 5.91 Å². The van der Waals surface area contributed by atoms with E-state index in [4.69, 9.17) is 5.11 Å². The van der Waals surface area contributed by atoms with Crippen LogP contribution in [0.15, 0.2) is 18.2 Å². The Labute approximate surface area is 113 Å². The summed E-state index contributed by atoms with van der Waals surface area (Å²) in [4.78, 5) is 24.8. The molecule has 0 spiro atoms. The first-order valence-corrected chi connectivity index (χ1v) is 6.65. The Morgan fingerprint density at radius 2 is 2.11 bits per heavy atom. The van der Waals surface area contributed by atoms with Crippen molar-refractivity contribution in [1.29, 1.82) is 0 Å². The molecule has 0 aromatic heterocycles. The lowest BCUT2D eigenvalue weighted by Crippen LogP contribution is -2.28. The highest BCUT2D eigenvalue weighted by atomic mass is 16.4. The molecule has 1 aliphatic rings. The predicted octanol–water partition coefficient (Wildman–Crippen LogP) is 2.71. The molecular weight excluding hydrogens is 242 g/mol. The first kappa shape index (κ1) is 13.6. The number of rotatable bonds is 4. The quantitative estimate of drug-likeness (QED) is 0.906. The lowest BCUT2D eigenvalue weighted by molar-refractivity contribution is -0.118. The fourth-order valence-corrected chi connectivity index (χ4v) is 2.34. The third-order valence-corrected chi connectivity index (χ3v) is 3.46. The summed E-state index contributed by atoms with van der Waals surface area (Å²) in [6, 6.07) is 4.99. The molecular formula is C15H19NO3. The number of anilines is 1. The van der Waals surface area contributed by atoms with E-state index in [1.54, 1.807) is 23.1 Å². The van der Waals surface area contributed by atoms with E-state index >= 15 is 0 Å². The molecule has 0 fully saturated rings. The molecule has 102 valence electrons. The molecule has 1 aromatic rings. The number of carbonyl (C=O) groups excluding carboxylic acids is 1. The molecule has 4 heteroatoms. The fourth-order valence-electron chi connectivity index (χ4n) is 2.34. The highest BCUT2D eigenvalue weighted by Crippen LogP contribution is 2.29. The van der Waals surface area contributed by atoms with E-state index in [2.05, 4.69) is 13.8 Å². The monoisotopic (exact) mass is 261 g/mol. The average molecular weight is 261 g/mol. The van der Waals surface area contributed by atoms with Crippen molar-refractivity contribution in [1.82, 2.24) is 0 Å². The number of amides is 1. The summed E-state index contributed by atoms with van der Waals surface area (Å²) in [5, 5.41) is 8.96. The molecule has 0 radical (unpaired) electrons. The molecule has 1 heterocycles. The standard InChI is InChI=1S/C15H19NO3/c1-10(2)3-6-14(17)16-8-7-11-9-12(15(18)19)4-5-13(11)16/h4-5,9-10H,3,6-8H2,1-2H3,(H,18,19). The molecule has 1 aliphatic heterocycles. The minimum absolute atomic E-state index is 0.135. The van der Waals surface area contributed by atoms with Crippen LogP contribution in [-0.4, -0.2) is 23.5 Å². The van der Waals surface area contributed by atoms with Crippen LogP contribution >= 0.6 is 0 Å². The Bertz CT molecular complexity index is 508. The molecule has 1 N–H and O–H groups in total. The number of carbonyl (C=O) groups is 2. The number of hydrogen-bond donors (Lipinski definition) is 1. The van der Waals surface area contributed by atoms with Gasteiger partial charge in [0.1, 0.15) is 0 Å². The summed E-state index contributed by atoms with van der Waals surface area (Å²) in [7, 11) is 0. The van der Waals surface area contributed by atoms with E-state index in [-0.39, 0.29) is 11.5 Å². The zero-order valence-electron chi connectivity index (χ0n) is 11.3. The van der Waals surface area contributed by atoms with Gasteiger partial charge < -0.3 is 10.0 Å². The van der Waals surface area contributed by atoms with Crippen LogP contribution in [0, 0.1) is 5.92 Å². The van der Waals surface area contributed by atoms with Crippen LogP contribution in [0.5, 0.6) is 0 Å². The normalized spacial score (nSPS) is 13.7. The third-order valence-electron chi connectivity index (χ3n) is 3.46. The molecule has 0 aliphatic carbocycles. The molecule has 0 unspecified atom stereocenters. The van der Waals surface area contributed by atoms with Gasteiger partial charge in [0.15, 0.2) is 0 Å². The number of benzene rings is 1. The van der Waals surface area contributed by atoms with Gasteiger partial charge in [0.25, 0.3) is 0 Å². The van der Waals surface area contributed by atoms with Gasteiger partial charge in [0.05, 0.1) is 5.56 Å². The SMILES string of the molecule is CC(C)CCC(=O)N1CCc2cc(C(=O)O)ccc21. The van der Waals surface area contributed by atoms with E-state index in [9.17, 15) is 9.59 Å². The van der Waals surface area contributed by atoms with Crippen molar-refractivity contribution in [2.75, 3.05) is 11.4 Å². The van der Waals surface area contributed by atoms with Gasteiger partial charge in [-0.3, -0.25) is 4.79 Å². The molecule has 0 saturated heterocycles. The van der Waals surface area contributed by atoms with Gasteiger partial charge in [-0.05, 0) is 42.5 Å². The maximum absolute atomic E-state index is 12.1. The summed E-state index contributed by atoms with van der Waals surface area (Å²) in [5.41, 5.74) is 2.12. The predicted molar refractivity (Wildman–Crippen MR) is 73.5 cm³/mol. The van der Waals surface area contributed by atoms with Crippen molar-refractivity contribution in [3.05, 3.63) is 29.3 Å². The van der Waals surface area contributed by atoms with E-state index in [0.717, 1.165) is 24.1 Å². The molecule has 1 amide bonds. The smallest absolute Gasteiger partial charge is 0.335 e. The minimum atomic E-state index is -0.924. The topological polar surface area (TPSA) is 57.6 Å². The minimum Gasteiger partial charge on any atom is -0.478 e. The van der Waals surface area contributed by atoms with Crippen LogP contribution < -0.4 is 4.90 Å². The van der Waals surface area contributed by atoms with Gasteiger partial charge in [-0.25, -0.2) is 4.79 Å². The van der Waals surface area contributed by atoms with Crippen molar-refractivity contribution < 1.29 is 14.7 Å². The molecule has 19 heavy (non-hydrogen) atoms. The fraction of sp³-hybridized carbons (Fsp3) is 0.467. The largest absolute Gasteiger partial charge is 0.478 e. The summed E-state index contributed by atoms with van der Waals surface area (Å²) < 4.78 is 0. The Morgan fingerprint density at radius 1 is 1.37 bits per heavy atom. The molecule has 0 bridgehead atoms. The third kappa shape index (κ3) is 2.95. The molecule has 4 nitrogen and oxygen atoms in total. The Hall–Kier alpha value is -1.84. The Balaban J connectivity index is 2.13. The average Bonchev–Trinajstić information content (AvgIpc) is 2.78. The molecule has 0 saturated carbocycles. The van der Waals surface area contributed by atoms with Crippen molar-refractivity contribution in [2.24, 2.45) is 5.92 Å². The Morgan fingerprint density at radius 3 is 2.74 bits per heavy atom. The van der Waals surface area contributed by atoms with Crippen molar-refractivity contribution in [3.63, 3.8) is 0 Å².